The number of nitrogens with zero attached hydrogens (tertiary/aromatic N) is 3. The number of carbonyl (C=O) groups is 1. The van der Waals surface area contributed by atoms with Gasteiger partial charge in [0.25, 0.3) is 5.91 Å². The largest absolute Gasteiger partial charge is 0.478 e. The maximum atomic E-state index is 12.1. The van der Waals surface area contributed by atoms with E-state index in [1.165, 1.54) is 0 Å². The molecule has 2 rings (SSSR count). The van der Waals surface area contributed by atoms with Crippen molar-refractivity contribution in [3.63, 3.8) is 0 Å². The van der Waals surface area contributed by atoms with Gasteiger partial charge in [0.15, 0.2) is 11.4 Å². The van der Waals surface area contributed by atoms with Crippen molar-refractivity contribution in [2.24, 2.45) is 0 Å². The Morgan fingerprint density at radius 2 is 2.10 bits per heavy atom. The van der Waals surface area contributed by atoms with Gasteiger partial charge in [0, 0.05) is 5.02 Å². The van der Waals surface area contributed by atoms with E-state index < -0.39 is 5.60 Å². The Morgan fingerprint density at radius 3 is 2.70 bits per heavy atom. The van der Waals surface area contributed by atoms with E-state index >= 15 is 0 Å². The van der Waals surface area contributed by atoms with Gasteiger partial charge in [-0.1, -0.05) is 16.8 Å². The lowest BCUT2D eigenvalue weighted by Gasteiger charge is -2.25. The Hall–Kier alpha value is -2.15. The summed E-state index contributed by atoms with van der Waals surface area (Å²) >= 11 is 5.79. The molecule has 1 heterocycles. The van der Waals surface area contributed by atoms with Gasteiger partial charge >= 0.3 is 0 Å². The molecule has 0 bridgehead atoms. The number of benzene rings is 1. The normalized spacial score (nSPS) is 11.2. The SMILES string of the molecule is CC(C)(Oc1ccc(Cl)cc1)C(=O)NCc1nn[nH]n1. The molecule has 0 aliphatic heterocycles. The second-order valence-corrected chi connectivity index (χ2v) is 5.01. The van der Waals surface area contributed by atoms with Crippen molar-refractivity contribution in [3.05, 3.63) is 35.1 Å². The number of nitrogens with one attached hydrogen (secondary N) is 2. The Balaban J connectivity index is 1.94. The molecule has 0 fully saturated rings. The summed E-state index contributed by atoms with van der Waals surface area (Å²) in [6, 6.07) is 6.81. The van der Waals surface area contributed by atoms with E-state index in [1.807, 2.05) is 0 Å². The second kappa shape index (κ2) is 5.87. The van der Waals surface area contributed by atoms with E-state index in [-0.39, 0.29) is 12.5 Å². The van der Waals surface area contributed by atoms with Crippen molar-refractivity contribution in [2.45, 2.75) is 26.0 Å². The van der Waals surface area contributed by atoms with Crippen molar-refractivity contribution in [3.8, 4) is 5.75 Å². The van der Waals surface area contributed by atoms with Gasteiger partial charge in [0.2, 0.25) is 0 Å². The topological polar surface area (TPSA) is 92.8 Å². The zero-order valence-electron chi connectivity index (χ0n) is 11.1. The molecular weight excluding hydrogens is 282 g/mol. The van der Waals surface area contributed by atoms with E-state index in [0.717, 1.165) is 0 Å². The first-order valence-electron chi connectivity index (χ1n) is 5.92. The van der Waals surface area contributed by atoms with Gasteiger partial charge in [0.1, 0.15) is 5.75 Å². The van der Waals surface area contributed by atoms with Crippen LogP contribution in [0.4, 0.5) is 0 Å². The molecule has 2 aromatic rings. The first kappa shape index (κ1) is 14.3. The zero-order valence-corrected chi connectivity index (χ0v) is 11.8. The average Bonchev–Trinajstić information content (AvgIpc) is 2.91. The number of amides is 1. The molecule has 2 N–H and O–H groups in total. The molecule has 1 aromatic carbocycles. The van der Waals surface area contributed by atoms with E-state index in [0.29, 0.717) is 16.6 Å². The molecule has 0 radical (unpaired) electrons. The van der Waals surface area contributed by atoms with E-state index in [4.69, 9.17) is 16.3 Å². The Labute approximate surface area is 120 Å². The lowest BCUT2D eigenvalue weighted by Crippen LogP contribution is -2.46. The molecule has 0 atom stereocenters. The molecule has 1 amide bonds. The van der Waals surface area contributed by atoms with Crippen molar-refractivity contribution in [1.29, 1.82) is 0 Å². The highest BCUT2D eigenvalue weighted by Gasteiger charge is 2.29. The first-order valence-corrected chi connectivity index (χ1v) is 6.30. The van der Waals surface area contributed by atoms with Gasteiger partial charge in [-0.25, -0.2) is 0 Å². The molecule has 0 aliphatic carbocycles. The Morgan fingerprint density at radius 1 is 1.40 bits per heavy atom. The Bertz CT molecular complexity index is 568. The smallest absolute Gasteiger partial charge is 0.263 e. The molecule has 8 heteroatoms. The molecule has 0 saturated heterocycles. The van der Waals surface area contributed by atoms with Crippen LogP contribution in [-0.4, -0.2) is 32.1 Å². The van der Waals surface area contributed by atoms with E-state index in [9.17, 15) is 4.79 Å². The van der Waals surface area contributed by atoms with Gasteiger partial charge in [-0.2, -0.15) is 5.21 Å². The number of hydrogen-bond donors (Lipinski definition) is 2. The summed E-state index contributed by atoms with van der Waals surface area (Å²) in [6.07, 6.45) is 0. The molecule has 1 aromatic heterocycles. The lowest BCUT2D eigenvalue weighted by molar-refractivity contribution is -0.134. The third kappa shape index (κ3) is 3.67. The highest BCUT2D eigenvalue weighted by Crippen LogP contribution is 2.21. The van der Waals surface area contributed by atoms with Crippen LogP contribution in [0.25, 0.3) is 0 Å². The van der Waals surface area contributed by atoms with Crippen LogP contribution in [0.2, 0.25) is 5.02 Å². The number of tetrazole rings is 1. The molecular formula is C12H14ClN5O2. The quantitative estimate of drug-likeness (QED) is 0.868. The minimum absolute atomic E-state index is 0.183. The highest BCUT2D eigenvalue weighted by atomic mass is 35.5. The summed E-state index contributed by atoms with van der Waals surface area (Å²) in [5.74, 6) is 0.687. The van der Waals surface area contributed by atoms with Crippen LogP contribution in [0, 0.1) is 0 Å². The lowest BCUT2D eigenvalue weighted by atomic mass is 10.1. The van der Waals surface area contributed by atoms with Crippen molar-refractivity contribution in [2.75, 3.05) is 0 Å². The minimum atomic E-state index is -1.03. The molecule has 7 nitrogen and oxygen atoms in total. The van der Waals surface area contributed by atoms with Crippen LogP contribution in [0.1, 0.15) is 19.7 Å². The van der Waals surface area contributed by atoms with Crippen molar-refractivity contribution < 1.29 is 9.53 Å². The summed E-state index contributed by atoms with van der Waals surface area (Å²) in [5.41, 5.74) is -1.03. The third-order valence-corrected chi connectivity index (χ3v) is 2.78. The fourth-order valence-corrected chi connectivity index (χ4v) is 1.60. The summed E-state index contributed by atoms with van der Waals surface area (Å²) in [4.78, 5) is 12.1. The van der Waals surface area contributed by atoms with Crippen LogP contribution in [-0.2, 0) is 11.3 Å². The minimum Gasteiger partial charge on any atom is -0.478 e. The van der Waals surface area contributed by atoms with Crippen LogP contribution in [0.5, 0.6) is 5.75 Å². The molecule has 0 unspecified atom stereocenters. The van der Waals surface area contributed by atoms with E-state index in [1.54, 1.807) is 38.1 Å². The predicted molar refractivity (Wildman–Crippen MR) is 72.2 cm³/mol. The van der Waals surface area contributed by atoms with Crippen LogP contribution in [0.15, 0.2) is 24.3 Å². The van der Waals surface area contributed by atoms with E-state index in [2.05, 4.69) is 25.9 Å². The number of rotatable bonds is 5. The van der Waals surface area contributed by atoms with Crippen LogP contribution < -0.4 is 10.1 Å². The van der Waals surface area contributed by atoms with Crippen LogP contribution >= 0.6 is 11.6 Å². The van der Waals surface area contributed by atoms with Crippen molar-refractivity contribution in [1.82, 2.24) is 25.9 Å². The van der Waals surface area contributed by atoms with Gasteiger partial charge in [0.05, 0.1) is 6.54 Å². The Kier molecular flexibility index (Phi) is 4.19. The second-order valence-electron chi connectivity index (χ2n) is 4.58. The fraction of sp³-hybridized carbons (Fsp3) is 0.333. The zero-order chi connectivity index (χ0) is 14.6. The molecule has 0 aliphatic rings. The monoisotopic (exact) mass is 295 g/mol. The number of aromatic amines is 1. The van der Waals surface area contributed by atoms with Gasteiger partial charge < -0.3 is 10.1 Å². The number of halogens is 1. The highest BCUT2D eigenvalue weighted by molar-refractivity contribution is 6.30. The molecule has 20 heavy (non-hydrogen) atoms. The van der Waals surface area contributed by atoms with Crippen molar-refractivity contribution >= 4 is 17.5 Å². The molecule has 106 valence electrons. The number of aromatic nitrogens is 4. The summed E-state index contributed by atoms with van der Waals surface area (Å²) in [6.45, 7) is 3.53. The first-order chi connectivity index (χ1) is 9.47. The number of hydrogen-bond acceptors (Lipinski definition) is 5. The standard InChI is InChI=1S/C12H14ClN5O2/c1-12(2,20-9-5-3-8(13)4-6-9)11(19)14-7-10-15-17-18-16-10/h3-6H,7H2,1-2H3,(H,14,19)(H,15,16,17,18). The third-order valence-electron chi connectivity index (χ3n) is 2.53. The number of carbonyl (C=O) groups excluding carboxylic acids is 1. The predicted octanol–water partition coefficient (Wildman–Crippen LogP) is 1.33. The summed E-state index contributed by atoms with van der Waals surface area (Å²) in [5, 5.41) is 16.5. The fourth-order valence-electron chi connectivity index (χ4n) is 1.47. The molecule has 0 spiro atoms. The summed E-state index contributed by atoms with van der Waals surface area (Å²) < 4.78 is 5.65. The number of H-pyrrole nitrogens is 1. The summed E-state index contributed by atoms with van der Waals surface area (Å²) in [7, 11) is 0. The number of ether oxygens (including phenoxy) is 1. The average molecular weight is 296 g/mol. The maximum Gasteiger partial charge on any atom is 0.263 e. The van der Waals surface area contributed by atoms with Gasteiger partial charge in [-0.05, 0) is 38.1 Å². The van der Waals surface area contributed by atoms with Gasteiger partial charge in [-0.3, -0.25) is 4.79 Å². The molecule has 0 saturated carbocycles. The maximum absolute atomic E-state index is 12.1. The van der Waals surface area contributed by atoms with Gasteiger partial charge in [-0.15, -0.1) is 10.2 Å². The van der Waals surface area contributed by atoms with Crippen LogP contribution in [0.3, 0.4) is 0 Å².